The Morgan fingerprint density at radius 1 is 1.47 bits per heavy atom. The fraction of sp³-hybridized carbons (Fsp3) is 0.273. The lowest BCUT2D eigenvalue weighted by Crippen LogP contribution is -2.07. The second kappa shape index (κ2) is 5.06. The third-order valence-electron chi connectivity index (χ3n) is 2.39. The van der Waals surface area contributed by atoms with Crippen molar-refractivity contribution in [1.29, 1.82) is 0 Å². The van der Waals surface area contributed by atoms with E-state index in [1.54, 1.807) is 10.9 Å². The predicted molar refractivity (Wildman–Crippen MR) is 72.2 cm³/mol. The van der Waals surface area contributed by atoms with Gasteiger partial charge < -0.3 is 5.32 Å². The molecule has 0 amide bonds. The van der Waals surface area contributed by atoms with E-state index in [4.69, 9.17) is 11.6 Å². The number of aromatic nitrogens is 3. The van der Waals surface area contributed by atoms with Gasteiger partial charge in [0.15, 0.2) is 0 Å². The van der Waals surface area contributed by atoms with E-state index in [-0.39, 0.29) is 6.04 Å². The van der Waals surface area contributed by atoms with Crippen molar-refractivity contribution in [2.24, 2.45) is 7.05 Å². The minimum atomic E-state index is 0.106. The first-order chi connectivity index (χ1) is 8.06. The SMILES string of the molecule is CC(Nc1ncc(Br)cc1Cl)c1cnn(C)c1. The highest BCUT2D eigenvalue weighted by Crippen LogP contribution is 2.26. The molecule has 2 aromatic heterocycles. The first kappa shape index (κ1) is 12.4. The molecule has 1 unspecified atom stereocenters. The van der Waals surface area contributed by atoms with Gasteiger partial charge in [-0.25, -0.2) is 4.98 Å². The molecule has 0 radical (unpaired) electrons. The first-order valence-corrected chi connectivity index (χ1v) is 6.29. The molecule has 0 saturated carbocycles. The molecule has 0 saturated heterocycles. The van der Waals surface area contributed by atoms with Crippen LogP contribution >= 0.6 is 27.5 Å². The molecule has 0 aliphatic rings. The molecule has 2 heterocycles. The maximum absolute atomic E-state index is 6.09. The number of aryl methyl sites for hydroxylation is 1. The number of hydrogen-bond donors (Lipinski definition) is 1. The lowest BCUT2D eigenvalue weighted by Gasteiger charge is -2.13. The lowest BCUT2D eigenvalue weighted by molar-refractivity contribution is 0.765. The summed E-state index contributed by atoms with van der Waals surface area (Å²) < 4.78 is 2.63. The van der Waals surface area contributed by atoms with E-state index in [0.29, 0.717) is 10.8 Å². The van der Waals surface area contributed by atoms with Crippen LogP contribution in [0.5, 0.6) is 0 Å². The second-order valence-corrected chi connectivity index (χ2v) is 5.12. The molecule has 0 bridgehead atoms. The molecule has 17 heavy (non-hydrogen) atoms. The van der Waals surface area contributed by atoms with Crippen LogP contribution in [0.15, 0.2) is 29.1 Å². The quantitative estimate of drug-likeness (QED) is 0.944. The van der Waals surface area contributed by atoms with Crippen molar-refractivity contribution in [3.8, 4) is 0 Å². The summed E-state index contributed by atoms with van der Waals surface area (Å²) in [4.78, 5) is 4.23. The number of nitrogens with zero attached hydrogens (tertiary/aromatic N) is 3. The minimum absolute atomic E-state index is 0.106. The number of anilines is 1. The molecule has 1 N–H and O–H groups in total. The molecule has 4 nitrogen and oxygen atoms in total. The summed E-state index contributed by atoms with van der Waals surface area (Å²) in [6, 6.07) is 1.92. The molecule has 2 aromatic rings. The van der Waals surface area contributed by atoms with Crippen molar-refractivity contribution in [2.45, 2.75) is 13.0 Å². The Hall–Kier alpha value is -1.07. The molecular formula is C11H12BrClN4. The average molecular weight is 316 g/mol. The summed E-state index contributed by atoms with van der Waals surface area (Å²) in [6.07, 6.45) is 5.50. The summed E-state index contributed by atoms with van der Waals surface area (Å²) in [5.74, 6) is 0.672. The van der Waals surface area contributed by atoms with Crippen LogP contribution in [0.2, 0.25) is 5.02 Å². The lowest BCUT2D eigenvalue weighted by atomic mass is 10.2. The van der Waals surface area contributed by atoms with Crippen LogP contribution in [0.1, 0.15) is 18.5 Å². The highest BCUT2D eigenvalue weighted by molar-refractivity contribution is 9.10. The molecule has 2 rings (SSSR count). The Morgan fingerprint density at radius 2 is 2.24 bits per heavy atom. The van der Waals surface area contributed by atoms with Crippen LogP contribution < -0.4 is 5.32 Å². The van der Waals surface area contributed by atoms with Gasteiger partial charge in [0.1, 0.15) is 5.82 Å². The Bertz CT molecular complexity index is 526. The zero-order valence-corrected chi connectivity index (χ0v) is 11.8. The van der Waals surface area contributed by atoms with E-state index in [1.165, 1.54) is 0 Å². The maximum atomic E-state index is 6.09. The van der Waals surface area contributed by atoms with Crippen LogP contribution in [-0.2, 0) is 7.05 Å². The third-order valence-corrected chi connectivity index (χ3v) is 3.11. The number of nitrogens with one attached hydrogen (secondary N) is 1. The summed E-state index contributed by atoms with van der Waals surface area (Å²) in [6.45, 7) is 2.04. The van der Waals surface area contributed by atoms with Gasteiger partial charge in [0.05, 0.1) is 17.3 Å². The Labute approximate surface area is 113 Å². The average Bonchev–Trinajstić information content (AvgIpc) is 2.69. The zero-order valence-electron chi connectivity index (χ0n) is 9.48. The molecule has 1 atom stereocenters. The van der Waals surface area contributed by atoms with Gasteiger partial charge in [-0.3, -0.25) is 4.68 Å². The smallest absolute Gasteiger partial charge is 0.145 e. The van der Waals surface area contributed by atoms with E-state index in [1.807, 2.05) is 32.4 Å². The summed E-state index contributed by atoms with van der Waals surface area (Å²) >= 11 is 9.41. The third kappa shape index (κ3) is 2.98. The van der Waals surface area contributed by atoms with Crippen molar-refractivity contribution in [2.75, 3.05) is 5.32 Å². The molecule has 0 aliphatic heterocycles. The fourth-order valence-electron chi connectivity index (χ4n) is 1.47. The van der Waals surface area contributed by atoms with E-state index in [0.717, 1.165) is 10.0 Å². The monoisotopic (exact) mass is 314 g/mol. The van der Waals surface area contributed by atoms with E-state index >= 15 is 0 Å². The van der Waals surface area contributed by atoms with Crippen molar-refractivity contribution >= 4 is 33.3 Å². The van der Waals surface area contributed by atoms with E-state index in [2.05, 4.69) is 31.3 Å². The van der Waals surface area contributed by atoms with Crippen LogP contribution in [0.25, 0.3) is 0 Å². The molecule has 90 valence electrons. The summed E-state index contributed by atoms with van der Waals surface area (Å²) in [7, 11) is 1.89. The predicted octanol–water partition coefficient (Wildman–Crippen LogP) is 3.40. The molecule has 0 spiro atoms. The van der Waals surface area contributed by atoms with Crippen LogP contribution in [-0.4, -0.2) is 14.8 Å². The zero-order chi connectivity index (χ0) is 12.4. The van der Waals surface area contributed by atoms with Gasteiger partial charge in [0.25, 0.3) is 0 Å². The van der Waals surface area contributed by atoms with Crippen molar-refractivity contribution in [3.63, 3.8) is 0 Å². The minimum Gasteiger partial charge on any atom is -0.362 e. The van der Waals surface area contributed by atoms with Crippen molar-refractivity contribution < 1.29 is 0 Å². The summed E-state index contributed by atoms with van der Waals surface area (Å²) in [5.41, 5.74) is 1.09. The van der Waals surface area contributed by atoms with E-state index < -0.39 is 0 Å². The number of pyridine rings is 1. The van der Waals surface area contributed by atoms with Gasteiger partial charge in [-0.05, 0) is 28.9 Å². The Balaban J connectivity index is 2.15. The first-order valence-electron chi connectivity index (χ1n) is 5.12. The van der Waals surface area contributed by atoms with Crippen LogP contribution in [0, 0.1) is 0 Å². The Kier molecular flexibility index (Phi) is 3.69. The largest absolute Gasteiger partial charge is 0.362 e. The van der Waals surface area contributed by atoms with Crippen LogP contribution in [0.4, 0.5) is 5.82 Å². The normalized spacial score (nSPS) is 12.5. The van der Waals surface area contributed by atoms with Crippen molar-refractivity contribution in [3.05, 3.63) is 39.7 Å². The van der Waals surface area contributed by atoms with E-state index in [9.17, 15) is 0 Å². The van der Waals surface area contributed by atoms with Gasteiger partial charge in [-0.1, -0.05) is 11.6 Å². The van der Waals surface area contributed by atoms with Gasteiger partial charge in [-0.2, -0.15) is 5.10 Å². The molecule has 0 aliphatic carbocycles. The number of hydrogen-bond acceptors (Lipinski definition) is 3. The number of rotatable bonds is 3. The second-order valence-electron chi connectivity index (χ2n) is 3.80. The van der Waals surface area contributed by atoms with Crippen molar-refractivity contribution in [1.82, 2.24) is 14.8 Å². The molecule has 0 aromatic carbocycles. The molecule has 6 heteroatoms. The van der Waals surface area contributed by atoms with Gasteiger partial charge in [0.2, 0.25) is 0 Å². The standard InChI is InChI=1S/C11H12BrClN4/c1-7(8-4-15-17(2)6-8)16-11-10(13)3-9(12)5-14-11/h3-7H,1-2H3,(H,14,16). The van der Waals surface area contributed by atoms with Crippen LogP contribution in [0.3, 0.4) is 0 Å². The fourth-order valence-corrected chi connectivity index (χ4v) is 2.16. The molecule has 0 fully saturated rings. The highest BCUT2D eigenvalue weighted by Gasteiger charge is 2.10. The Morgan fingerprint density at radius 3 is 2.82 bits per heavy atom. The number of halogens is 2. The molecular weight excluding hydrogens is 304 g/mol. The van der Waals surface area contributed by atoms with Gasteiger partial charge >= 0.3 is 0 Å². The van der Waals surface area contributed by atoms with Gasteiger partial charge in [0, 0.05) is 29.5 Å². The van der Waals surface area contributed by atoms with Gasteiger partial charge in [-0.15, -0.1) is 0 Å². The topological polar surface area (TPSA) is 42.7 Å². The summed E-state index contributed by atoms with van der Waals surface area (Å²) in [5, 5.41) is 7.97. The maximum Gasteiger partial charge on any atom is 0.145 e. The highest BCUT2D eigenvalue weighted by atomic mass is 79.9.